The van der Waals surface area contributed by atoms with E-state index < -0.39 is 83.9 Å². The van der Waals surface area contributed by atoms with E-state index in [-0.39, 0.29) is 49.5 Å². The second kappa shape index (κ2) is 21.0. The molecule has 0 radical (unpaired) electrons. The van der Waals surface area contributed by atoms with Gasteiger partial charge in [0.15, 0.2) is 0 Å². The molecule has 4 rings (SSSR count). The Bertz CT molecular complexity index is 1480. The van der Waals surface area contributed by atoms with Crippen molar-refractivity contribution < 1.29 is 58.2 Å². The molecule has 3 heterocycles. The van der Waals surface area contributed by atoms with Crippen molar-refractivity contribution in [2.24, 2.45) is 29.6 Å². The number of nitrogens with zero attached hydrogens (tertiary/aromatic N) is 1. The number of ether oxygens (including phenoxy) is 5. The van der Waals surface area contributed by atoms with Crippen molar-refractivity contribution in [3.63, 3.8) is 0 Å². The van der Waals surface area contributed by atoms with E-state index in [1.54, 1.807) is 27.0 Å². The number of piperidine rings is 1. The second-order valence-electron chi connectivity index (χ2n) is 17.3. The van der Waals surface area contributed by atoms with E-state index in [0.29, 0.717) is 56.9 Å². The Morgan fingerprint density at radius 3 is 2.25 bits per heavy atom. The van der Waals surface area contributed by atoms with Crippen LogP contribution in [0.15, 0.2) is 36.0 Å². The number of carbonyl (C=O) groups is 4. The predicted molar refractivity (Wildman–Crippen MR) is 213 cm³/mol. The van der Waals surface area contributed by atoms with Gasteiger partial charge in [-0.1, -0.05) is 44.6 Å². The molecular weight excluding hydrogens is 734 g/mol. The number of rotatable bonds is 7. The molecule has 1 amide bonds. The zero-order valence-corrected chi connectivity index (χ0v) is 35.4. The summed E-state index contributed by atoms with van der Waals surface area (Å²) in [7, 11) is 4.61. The van der Waals surface area contributed by atoms with Crippen molar-refractivity contribution in [2.75, 3.05) is 27.9 Å². The first-order valence-corrected chi connectivity index (χ1v) is 20.9. The van der Waals surface area contributed by atoms with Crippen molar-refractivity contribution in [2.45, 2.75) is 160 Å². The Morgan fingerprint density at radius 1 is 0.930 bits per heavy atom. The molecule has 1 saturated carbocycles. The van der Waals surface area contributed by atoms with Gasteiger partial charge < -0.3 is 43.9 Å². The van der Waals surface area contributed by atoms with Crippen LogP contribution in [0.5, 0.6) is 0 Å². The number of fused-ring (bicyclic) bond motifs is 3. The monoisotopic (exact) mass is 803 g/mol. The molecule has 4 aliphatic rings. The summed E-state index contributed by atoms with van der Waals surface area (Å²) in [6.45, 7) is 13.1. The average Bonchev–Trinajstić information content (AvgIpc) is 3.18. The number of carbonyl (C=O) groups excluding carboxylic acids is 4. The number of aliphatic hydroxyl groups is 3. The summed E-state index contributed by atoms with van der Waals surface area (Å²) in [5.74, 6) is -7.76. The van der Waals surface area contributed by atoms with Crippen LogP contribution in [0.3, 0.4) is 0 Å². The first-order valence-electron chi connectivity index (χ1n) is 20.9. The summed E-state index contributed by atoms with van der Waals surface area (Å²) in [5, 5.41) is 34.1. The van der Waals surface area contributed by atoms with Gasteiger partial charge in [0.25, 0.3) is 11.7 Å². The van der Waals surface area contributed by atoms with E-state index in [1.165, 1.54) is 19.1 Å². The summed E-state index contributed by atoms with van der Waals surface area (Å²) >= 11 is 0. The number of allylic oxidation sites excluding steroid dienone is 4. The highest BCUT2D eigenvalue weighted by Gasteiger charge is 2.56. The van der Waals surface area contributed by atoms with Gasteiger partial charge in [-0.3, -0.25) is 14.4 Å². The van der Waals surface area contributed by atoms with Crippen molar-refractivity contribution in [1.29, 1.82) is 0 Å². The lowest BCUT2D eigenvalue weighted by atomic mass is 9.81. The molecular formula is C44H69NO12. The third-order valence-corrected chi connectivity index (χ3v) is 12.9. The van der Waals surface area contributed by atoms with Crippen LogP contribution >= 0.6 is 0 Å². The predicted octanol–water partition coefficient (Wildman–Crippen LogP) is 4.64. The fraction of sp³-hybridized carbons (Fsp3) is 0.773. The third-order valence-electron chi connectivity index (χ3n) is 12.9. The van der Waals surface area contributed by atoms with Crippen LogP contribution in [0.25, 0.3) is 0 Å². The largest absolute Gasteiger partial charge is 0.456 e. The number of cyclic esters (lactones) is 1. The first kappa shape index (κ1) is 46.9. The van der Waals surface area contributed by atoms with E-state index in [0.717, 1.165) is 5.57 Å². The molecule has 13 nitrogen and oxygen atoms in total. The summed E-state index contributed by atoms with van der Waals surface area (Å²) < 4.78 is 29.7. The molecule has 13 heteroatoms. The molecule has 3 aliphatic heterocycles. The Kier molecular flexibility index (Phi) is 17.2. The number of ketones is 2. The molecule has 14 atom stereocenters. The number of hydrogen-bond acceptors (Lipinski definition) is 12. The van der Waals surface area contributed by atoms with Crippen LogP contribution in [-0.4, -0.2) is 126 Å². The van der Waals surface area contributed by atoms with Gasteiger partial charge in [-0.2, -0.15) is 0 Å². The van der Waals surface area contributed by atoms with Gasteiger partial charge in [0.05, 0.1) is 30.5 Å². The van der Waals surface area contributed by atoms with Crippen molar-refractivity contribution >= 4 is 23.4 Å². The molecule has 1 aliphatic carbocycles. The van der Waals surface area contributed by atoms with E-state index in [2.05, 4.69) is 6.58 Å². The van der Waals surface area contributed by atoms with E-state index in [1.807, 2.05) is 32.9 Å². The molecule has 0 aromatic heterocycles. The molecule has 57 heavy (non-hydrogen) atoms. The van der Waals surface area contributed by atoms with Crippen LogP contribution in [0.1, 0.15) is 105 Å². The smallest absolute Gasteiger partial charge is 0.329 e. The minimum absolute atomic E-state index is 0.00988. The number of amides is 1. The van der Waals surface area contributed by atoms with Crippen molar-refractivity contribution in [3.05, 3.63) is 36.0 Å². The SMILES string of the molecule is C=CC[C@@H]1/C=C(\C)C[C@H](C)C[C@H](OC)[C@H]2O[C@@](O)(C(=O)C(=O)N3CCCC[C@@H]3C(=O)O[C@H](/C(C)=C/[C@@H]3CC[C@@H](O)[C@H](OC)C3)[C@H](C)[C@@H](O)CC1=O)[C@H](C)C[C@@H]2OC. The van der Waals surface area contributed by atoms with Gasteiger partial charge >= 0.3 is 5.97 Å². The van der Waals surface area contributed by atoms with Crippen LogP contribution in [-0.2, 0) is 42.9 Å². The molecule has 0 unspecified atom stereocenters. The van der Waals surface area contributed by atoms with E-state index >= 15 is 0 Å². The van der Waals surface area contributed by atoms with Crippen LogP contribution < -0.4 is 0 Å². The Balaban J connectivity index is 1.78. The number of aliphatic hydroxyl groups excluding tert-OH is 2. The fourth-order valence-electron chi connectivity index (χ4n) is 9.42. The topological polar surface area (TPSA) is 178 Å². The molecule has 2 bridgehead atoms. The highest BCUT2D eigenvalue weighted by atomic mass is 16.7. The molecule has 0 aromatic rings. The van der Waals surface area contributed by atoms with Crippen molar-refractivity contribution in [1.82, 2.24) is 4.90 Å². The number of hydrogen-bond donors (Lipinski definition) is 3. The van der Waals surface area contributed by atoms with Gasteiger partial charge in [-0.25, -0.2) is 4.79 Å². The van der Waals surface area contributed by atoms with E-state index in [4.69, 9.17) is 23.7 Å². The molecule has 3 N–H and O–H groups in total. The summed E-state index contributed by atoms with van der Waals surface area (Å²) in [6.07, 6.45) is 4.93. The van der Waals surface area contributed by atoms with Gasteiger partial charge in [-0.15, -0.1) is 6.58 Å². The van der Waals surface area contributed by atoms with Gasteiger partial charge in [0, 0.05) is 52.0 Å². The minimum atomic E-state index is -2.51. The van der Waals surface area contributed by atoms with Crippen molar-refractivity contribution in [3.8, 4) is 0 Å². The highest BCUT2D eigenvalue weighted by molar-refractivity contribution is 6.39. The zero-order chi connectivity index (χ0) is 42.2. The molecule has 2 saturated heterocycles. The zero-order valence-electron chi connectivity index (χ0n) is 35.4. The quantitative estimate of drug-likeness (QED) is 0.185. The van der Waals surface area contributed by atoms with Gasteiger partial charge in [0.2, 0.25) is 5.79 Å². The Hall–Kier alpha value is -2.78. The molecule has 322 valence electrons. The molecule has 3 fully saturated rings. The highest BCUT2D eigenvalue weighted by Crippen LogP contribution is 2.39. The summed E-state index contributed by atoms with van der Waals surface area (Å²) in [6, 6.07) is -1.14. The van der Waals surface area contributed by atoms with Gasteiger partial charge in [-0.05, 0) is 95.5 Å². The number of esters is 1. The van der Waals surface area contributed by atoms with E-state index in [9.17, 15) is 34.5 Å². The third kappa shape index (κ3) is 11.3. The lowest BCUT2D eigenvalue weighted by molar-refractivity contribution is -0.302. The van der Waals surface area contributed by atoms with Gasteiger partial charge in [0.1, 0.15) is 24.0 Å². The summed E-state index contributed by atoms with van der Waals surface area (Å²) in [5.41, 5.74) is 1.61. The minimum Gasteiger partial charge on any atom is -0.456 e. The summed E-state index contributed by atoms with van der Waals surface area (Å²) in [4.78, 5) is 57.8. The van der Waals surface area contributed by atoms with Crippen LogP contribution in [0.4, 0.5) is 0 Å². The average molecular weight is 804 g/mol. The maximum absolute atomic E-state index is 14.3. The van der Waals surface area contributed by atoms with Crippen LogP contribution in [0, 0.1) is 29.6 Å². The molecule has 0 spiro atoms. The fourth-order valence-corrected chi connectivity index (χ4v) is 9.42. The number of methoxy groups -OCH3 is 3. The first-order chi connectivity index (χ1) is 27.0. The Labute approximate surface area is 339 Å². The standard InChI is InChI=1S/C44H69NO12/c1-10-13-31-19-25(2)18-26(3)20-37(54-8)40-38(55-9)22-28(5)44(52,57-40)41(49)42(50)45-17-12-11-14-32(45)43(51)56-39(29(6)34(47)24-35(31)48)27(4)21-30-15-16-33(46)36(23-30)53-7/h10,19,21,26,28-34,36-40,46-47,52H,1,11-18,20,22-24H2,2-9H3/b25-19+,27-21+/t26-,28+,29+,30-,31+,32+,33+,34-,36+,37-,38-,39+,40+,44+/m0/s1. The maximum Gasteiger partial charge on any atom is 0.329 e. The second-order valence-corrected chi connectivity index (χ2v) is 17.3. The lowest BCUT2D eigenvalue weighted by Gasteiger charge is -2.47. The lowest BCUT2D eigenvalue weighted by Crippen LogP contribution is -2.64. The Morgan fingerprint density at radius 2 is 1.60 bits per heavy atom. The maximum atomic E-state index is 14.3. The normalized spacial score (nSPS) is 41.0. The van der Waals surface area contributed by atoms with Crippen LogP contribution in [0.2, 0.25) is 0 Å². The molecule has 0 aromatic carbocycles. The number of Topliss-reactive ketones (excluding diaryl/α,β-unsaturated/α-hetero) is 2.